The quantitative estimate of drug-likeness (QED) is 0.0981. The van der Waals surface area contributed by atoms with Gasteiger partial charge in [-0.1, -0.05) is 24.3 Å². The highest BCUT2D eigenvalue weighted by molar-refractivity contribution is 5.71. The van der Waals surface area contributed by atoms with Crippen molar-refractivity contribution in [3.8, 4) is 17.2 Å². The van der Waals surface area contributed by atoms with Gasteiger partial charge in [-0.25, -0.2) is 0 Å². The van der Waals surface area contributed by atoms with Crippen molar-refractivity contribution in [1.29, 1.82) is 0 Å². The molecule has 2 aromatic rings. The number of aliphatic hydroxyl groups is 11. The van der Waals surface area contributed by atoms with E-state index in [2.05, 4.69) is 0 Å². The zero-order valence-electron chi connectivity index (χ0n) is 26.3. The summed E-state index contributed by atoms with van der Waals surface area (Å²) in [5.74, 6) is 0.0784. The molecule has 0 aromatic heterocycles. The second-order valence-corrected chi connectivity index (χ2v) is 12.1. The minimum atomic E-state index is -1.79. The molecule has 3 fully saturated rings. The van der Waals surface area contributed by atoms with Crippen LogP contribution in [0, 0.1) is 0 Å². The normalized spacial score (nSPS) is 39.4. The lowest BCUT2D eigenvalue weighted by molar-refractivity contribution is -0.352. The van der Waals surface area contributed by atoms with E-state index in [9.17, 15) is 61.3 Å². The van der Waals surface area contributed by atoms with E-state index in [1.807, 2.05) is 0 Å². The predicted molar refractivity (Wildman–Crippen MR) is 165 cm³/mol. The molecule has 12 N–H and O–H groups in total. The summed E-state index contributed by atoms with van der Waals surface area (Å²) in [6, 6.07) is 10.5. The number of ether oxygens (including phenoxy) is 6. The number of aromatic hydroxyl groups is 1. The number of phenols is 1. The first-order valence-corrected chi connectivity index (χ1v) is 15.7. The molecule has 3 aliphatic rings. The Morgan fingerprint density at radius 3 is 1.56 bits per heavy atom. The summed E-state index contributed by atoms with van der Waals surface area (Å²) in [4.78, 5) is 0. The van der Waals surface area contributed by atoms with E-state index in [-0.39, 0.29) is 17.2 Å². The first-order chi connectivity index (χ1) is 23.8. The first kappa shape index (κ1) is 38.2. The highest BCUT2D eigenvalue weighted by atomic mass is 16.7. The molecule has 14 unspecified atom stereocenters. The van der Waals surface area contributed by atoms with Crippen molar-refractivity contribution in [3.63, 3.8) is 0 Å². The van der Waals surface area contributed by atoms with E-state index in [0.29, 0.717) is 11.1 Å². The van der Waals surface area contributed by atoms with Gasteiger partial charge in [0.15, 0.2) is 6.29 Å². The van der Waals surface area contributed by atoms with Crippen molar-refractivity contribution in [2.45, 2.75) is 92.1 Å². The molecule has 3 heterocycles. The zero-order chi connectivity index (χ0) is 36.3. The molecule has 0 spiro atoms. The summed E-state index contributed by atoms with van der Waals surface area (Å²) in [6.07, 6.45) is -20.0. The summed E-state index contributed by atoms with van der Waals surface area (Å²) in [5.41, 5.74) is 1.12. The molecule has 3 aliphatic heterocycles. The Bertz CT molecular complexity index is 1400. The molecule has 5 rings (SSSR count). The van der Waals surface area contributed by atoms with Gasteiger partial charge in [0.1, 0.15) is 90.5 Å². The first-order valence-electron chi connectivity index (χ1n) is 15.7. The molecule has 2 aromatic carbocycles. The summed E-state index contributed by atoms with van der Waals surface area (Å²) in [7, 11) is 0. The lowest BCUT2D eigenvalue weighted by Gasteiger charge is -2.45. The van der Waals surface area contributed by atoms with E-state index >= 15 is 0 Å². The van der Waals surface area contributed by atoms with Crippen LogP contribution in [0.2, 0.25) is 0 Å². The van der Waals surface area contributed by atoms with Gasteiger partial charge in [0.2, 0.25) is 12.6 Å². The molecule has 0 saturated carbocycles. The minimum Gasteiger partial charge on any atom is -0.508 e. The van der Waals surface area contributed by atoms with E-state index in [0.717, 1.165) is 0 Å². The standard InChI is InChI=1S/C32H42O18/c33-10-18-21(37)23(39)26(42)30(47-18)46-17-8-14(7-15(36)9-17)2-1-13-3-5-16(6-4-13)45-31-28(44)25(41)29(20(12-35)49-31)50-32-27(43)24(40)22(38)19(11-34)48-32/h1-9,18-44H,10-12H2/b2-1+/t18?,19?,20?,21?,22?,23-,24?,25?,26?,27?,28?,29?,30?,31?,32?/m0/s1. The average Bonchev–Trinajstić information content (AvgIpc) is 3.11. The molecule has 0 aliphatic carbocycles. The van der Waals surface area contributed by atoms with Gasteiger partial charge < -0.3 is 89.7 Å². The monoisotopic (exact) mass is 714 g/mol. The lowest BCUT2D eigenvalue weighted by atomic mass is 9.97. The third-order valence-corrected chi connectivity index (χ3v) is 8.58. The Morgan fingerprint density at radius 2 is 0.980 bits per heavy atom. The SMILES string of the molecule is OCC1OC(OC2C(CO)OC(Oc3ccc(/C=C/c4cc(O)cc(OC5OC(CO)C(O)[C@H](O)C5O)c4)cc3)C(O)C2O)C(O)C(O)C1O. The number of aliphatic hydroxyl groups excluding tert-OH is 11. The van der Waals surface area contributed by atoms with Crippen molar-refractivity contribution in [1.82, 2.24) is 0 Å². The smallest absolute Gasteiger partial charge is 0.229 e. The van der Waals surface area contributed by atoms with E-state index < -0.39 is 112 Å². The van der Waals surface area contributed by atoms with E-state index in [4.69, 9.17) is 28.4 Å². The molecular formula is C32H42O18. The predicted octanol–water partition coefficient (Wildman–Crippen LogP) is -4.26. The molecule has 18 nitrogen and oxygen atoms in total. The summed E-state index contributed by atoms with van der Waals surface area (Å²) < 4.78 is 33.1. The maximum atomic E-state index is 10.8. The second kappa shape index (κ2) is 16.5. The Morgan fingerprint density at radius 1 is 0.500 bits per heavy atom. The van der Waals surface area contributed by atoms with Crippen molar-refractivity contribution in [2.75, 3.05) is 19.8 Å². The fraction of sp³-hybridized carbons (Fsp3) is 0.562. The third kappa shape index (κ3) is 8.37. The fourth-order valence-electron chi connectivity index (χ4n) is 5.71. The van der Waals surface area contributed by atoms with Crippen LogP contribution in [0.4, 0.5) is 0 Å². The van der Waals surface area contributed by atoms with Crippen molar-refractivity contribution in [2.24, 2.45) is 0 Å². The lowest BCUT2D eigenvalue weighted by Crippen LogP contribution is -2.65. The largest absolute Gasteiger partial charge is 0.508 e. The third-order valence-electron chi connectivity index (χ3n) is 8.58. The van der Waals surface area contributed by atoms with Gasteiger partial charge in [-0.3, -0.25) is 0 Å². The maximum absolute atomic E-state index is 10.8. The summed E-state index contributed by atoms with van der Waals surface area (Å²) in [5, 5.41) is 121. The van der Waals surface area contributed by atoms with Crippen LogP contribution in [-0.2, 0) is 18.9 Å². The molecule has 50 heavy (non-hydrogen) atoms. The molecule has 278 valence electrons. The Kier molecular flexibility index (Phi) is 12.6. The van der Waals surface area contributed by atoms with Gasteiger partial charge >= 0.3 is 0 Å². The maximum Gasteiger partial charge on any atom is 0.229 e. The Hall–Kier alpha value is -3.02. The topological polar surface area (TPSA) is 298 Å². The second-order valence-electron chi connectivity index (χ2n) is 12.1. The molecule has 0 bridgehead atoms. The van der Waals surface area contributed by atoms with Crippen molar-refractivity contribution in [3.05, 3.63) is 53.6 Å². The van der Waals surface area contributed by atoms with Crippen LogP contribution in [0.15, 0.2) is 42.5 Å². The highest BCUT2D eigenvalue weighted by Gasteiger charge is 2.51. The van der Waals surface area contributed by atoms with Crippen LogP contribution in [0.3, 0.4) is 0 Å². The number of hydrogen-bond donors (Lipinski definition) is 12. The average molecular weight is 715 g/mol. The van der Waals surface area contributed by atoms with Crippen LogP contribution in [0.25, 0.3) is 12.2 Å². The van der Waals surface area contributed by atoms with Crippen LogP contribution in [-0.4, -0.2) is 173 Å². The number of hydrogen-bond acceptors (Lipinski definition) is 18. The van der Waals surface area contributed by atoms with Gasteiger partial charge in [0, 0.05) is 6.07 Å². The minimum absolute atomic E-state index is 0.0629. The molecular weight excluding hydrogens is 672 g/mol. The molecule has 0 radical (unpaired) electrons. The number of rotatable bonds is 11. The number of phenolic OH excluding ortho intramolecular Hbond substituents is 1. The van der Waals surface area contributed by atoms with Gasteiger partial charge in [-0.2, -0.15) is 0 Å². The summed E-state index contributed by atoms with van der Waals surface area (Å²) in [6.45, 7) is -2.07. The molecule has 15 atom stereocenters. The van der Waals surface area contributed by atoms with Gasteiger partial charge in [-0.05, 0) is 35.4 Å². The van der Waals surface area contributed by atoms with Gasteiger partial charge in [0.05, 0.1) is 19.8 Å². The van der Waals surface area contributed by atoms with E-state index in [1.54, 1.807) is 24.3 Å². The molecule has 3 saturated heterocycles. The van der Waals surface area contributed by atoms with Gasteiger partial charge in [0.25, 0.3) is 0 Å². The molecule has 0 amide bonds. The molecule has 18 heteroatoms. The van der Waals surface area contributed by atoms with Crippen molar-refractivity contribution >= 4 is 12.2 Å². The van der Waals surface area contributed by atoms with Gasteiger partial charge in [-0.15, -0.1) is 0 Å². The highest BCUT2D eigenvalue weighted by Crippen LogP contribution is 2.31. The fourth-order valence-corrected chi connectivity index (χ4v) is 5.71. The van der Waals surface area contributed by atoms with Crippen LogP contribution < -0.4 is 9.47 Å². The van der Waals surface area contributed by atoms with Crippen LogP contribution in [0.1, 0.15) is 11.1 Å². The number of benzene rings is 2. The summed E-state index contributed by atoms with van der Waals surface area (Å²) >= 11 is 0. The van der Waals surface area contributed by atoms with Crippen LogP contribution >= 0.6 is 0 Å². The van der Waals surface area contributed by atoms with E-state index in [1.165, 1.54) is 30.3 Å². The Labute approximate surface area is 284 Å². The Balaban J connectivity index is 1.20. The zero-order valence-corrected chi connectivity index (χ0v) is 26.3. The van der Waals surface area contributed by atoms with Crippen LogP contribution in [0.5, 0.6) is 17.2 Å². The van der Waals surface area contributed by atoms with Crippen molar-refractivity contribution < 1.29 is 89.7 Å².